The quantitative estimate of drug-likeness (QED) is 0.544. The average Bonchev–Trinajstić information content (AvgIpc) is 3.24. The van der Waals surface area contributed by atoms with Gasteiger partial charge in [-0.1, -0.05) is 42.0 Å². The van der Waals surface area contributed by atoms with Gasteiger partial charge in [-0.05, 0) is 24.6 Å². The second-order valence-electron chi connectivity index (χ2n) is 7.55. The summed E-state index contributed by atoms with van der Waals surface area (Å²) in [6.07, 6.45) is 0.686. The van der Waals surface area contributed by atoms with Crippen molar-refractivity contribution in [1.82, 2.24) is 9.29 Å². The highest BCUT2D eigenvalue weighted by Gasteiger charge is 2.26. The van der Waals surface area contributed by atoms with Gasteiger partial charge in [0.15, 0.2) is 0 Å². The summed E-state index contributed by atoms with van der Waals surface area (Å²) in [7, 11) is -3.51. The van der Waals surface area contributed by atoms with E-state index < -0.39 is 10.0 Å². The maximum Gasteiger partial charge on any atom is 0.243 e. The van der Waals surface area contributed by atoms with Gasteiger partial charge in [-0.3, -0.25) is 4.79 Å². The molecule has 31 heavy (non-hydrogen) atoms. The number of hydrogen-bond donors (Lipinski definition) is 0. The Balaban J connectivity index is 1.41. The number of hydrogen-bond acceptors (Lipinski definition) is 6. The molecule has 1 saturated heterocycles. The number of ketones is 1. The summed E-state index contributed by atoms with van der Waals surface area (Å²) in [5.74, 6) is 0.122. The molecule has 0 bridgehead atoms. The van der Waals surface area contributed by atoms with Crippen molar-refractivity contribution < 1.29 is 17.9 Å². The smallest absolute Gasteiger partial charge is 0.243 e. The molecular weight excluding hydrogens is 432 g/mol. The second kappa shape index (κ2) is 9.40. The fourth-order valence-electron chi connectivity index (χ4n) is 3.42. The average molecular weight is 457 g/mol. The summed E-state index contributed by atoms with van der Waals surface area (Å²) >= 11 is 1.45. The normalized spacial score (nSPS) is 15.1. The van der Waals surface area contributed by atoms with Crippen LogP contribution in [0.15, 0.2) is 58.8 Å². The molecular formula is C23H24N2O4S2. The molecule has 0 amide bonds. The van der Waals surface area contributed by atoms with Crippen molar-refractivity contribution in [2.75, 3.05) is 26.3 Å². The van der Waals surface area contributed by atoms with Gasteiger partial charge in [-0.25, -0.2) is 13.4 Å². The molecule has 0 N–H and O–H groups in total. The summed E-state index contributed by atoms with van der Waals surface area (Å²) in [6, 6.07) is 14.7. The first-order valence-electron chi connectivity index (χ1n) is 10.1. The first-order valence-corrected chi connectivity index (χ1v) is 12.4. The van der Waals surface area contributed by atoms with Gasteiger partial charge >= 0.3 is 0 Å². The summed E-state index contributed by atoms with van der Waals surface area (Å²) in [5.41, 5.74) is 3.75. The highest BCUT2D eigenvalue weighted by molar-refractivity contribution is 7.89. The largest absolute Gasteiger partial charge is 0.379 e. The van der Waals surface area contributed by atoms with E-state index in [9.17, 15) is 13.2 Å². The fourth-order valence-corrected chi connectivity index (χ4v) is 5.66. The van der Waals surface area contributed by atoms with Crippen LogP contribution in [-0.4, -0.2) is 49.8 Å². The fraction of sp³-hybridized carbons (Fsp3) is 0.304. The third kappa shape index (κ3) is 5.27. The number of rotatable bonds is 7. The Morgan fingerprint density at radius 1 is 1.03 bits per heavy atom. The van der Waals surface area contributed by atoms with E-state index in [0.717, 1.165) is 21.8 Å². The van der Waals surface area contributed by atoms with E-state index in [4.69, 9.17) is 4.74 Å². The molecule has 1 aromatic heterocycles. The van der Waals surface area contributed by atoms with Crippen LogP contribution in [0.5, 0.6) is 0 Å². The highest BCUT2D eigenvalue weighted by Crippen LogP contribution is 2.25. The van der Waals surface area contributed by atoms with Gasteiger partial charge < -0.3 is 4.74 Å². The SMILES string of the molecule is Cc1ccc(CC(=O)Cc2nc(-c3ccc(S(=O)(=O)N4CCOCC4)cc3)cs2)cc1. The first-order chi connectivity index (χ1) is 14.9. The molecule has 0 saturated carbocycles. The lowest BCUT2D eigenvalue weighted by Gasteiger charge is -2.26. The van der Waals surface area contributed by atoms with Crippen LogP contribution in [0.25, 0.3) is 11.3 Å². The molecule has 6 nitrogen and oxygen atoms in total. The lowest BCUT2D eigenvalue weighted by Crippen LogP contribution is -2.40. The van der Waals surface area contributed by atoms with Gasteiger partial charge in [-0.2, -0.15) is 4.31 Å². The number of Topliss-reactive ketones (excluding diaryl/α,β-unsaturated/α-hetero) is 1. The minimum Gasteiger partial charge on any atom is -0.379 e. The van der Waals surface area contributed by atoms with Gasteiger partial charge in [0.1, 0.15) is 10.8 Å². The zero-order valence-electron chi connectivity index (χ0n) is 17.3. The number of ether oxygens (including phenoxy) is 1. The van der Waals surface area contributed by atoms with Crippen LogP contribution >= 0.6 is 11.3 Å². The lowest BCUT2D eigenvalue weighted by atomic mass is 10.1. The zero-order chi connectivity index (χ0) is 21.8. The van der Waals surface area contributed by atoms with Crippen LogP contribution in [0.4, 0.5) is 0 Å². The van der Waals surface area contributed by atoms with Crippen LogP contribution in [-0.2, 0) is 32.4 Å². The first kappa shape index (κ1) is 21.8. The third-order valence-electron chi connectivity index (χ3n) is 5.18. The van der Waals surface area contributed by atoms with Gasteiger partial charge in [0.25, 0.3) is 0 Å². The Morgan fingerprint density at radius 3 is 2.39 bits per heavy atom. The van der Waals surface area contributed by atoms with E-state index in [2.05, 4.69) is 4.98 Å². The summed E-state index contributed by atoms with van der Waals surface area (Å²) < 4.78 is 32.2. The van der Waals surface area contributed by atoms with E-state index in [0.29, 0.717) is 39.1 Å². The molecule has 8 heteroatoms. The van der Waals surface area contributed by atoms with E-state index in [1.807, 2.05) is 36.6 Å². The molecule has 4 rings (SSSR count). The summed E-state index contributed by atoms with van der Waals surface area (Å²) in [5, 5.41) is 2.66. The molecule has 1 aliphatic heterocycles. The number of thiazole rings is 1. The molecule has 0 aliphatic carbocycles. The predicted molar refractivity (Wildman–Crippen MR) is 121 cm³/mol. The number of aromatic nitrogens is 1. The number of morpholine rings is 1. The zero-order valence-corrected chi connectivity index (χ0v) is 18.9. The topological polar surface area (TPSA) is 76.6 Å². The Labute approximate surface area is 186 Å². The summed E-state index contributed by atoms with van der Waals surface area (Å²) in [4.78, 5) is 17.2. The Hall–Kier alpha value is -2.39. The van der Waals surface area contributed by atoms with Crippen LogP contribution < -0.4 is 0 Å². The van der Waals surface area contributed by atoms with E-state index in [1.165, 1.54) is 21.2 Å². The molecule has 1 fully saturated rings. The number of carbonyl (C=O) groups is 1. The lowest BCUT2D eigenvalue weighted by molar-refractivity contribution is -0.117. The van der Waals surface area contributed by atoms with Crippen molar-refractivity contribution in [3.8, 4) is 11.3 Å². The second-order valence-corrected chi connectivity index (χ2v) is 10.4. The molecule has 0 radical (unpaired) electrons. The predicted octanol–water partition coefficient (Wildman–Crippen LogP) is 3.49. The van der Waals surface area contributed by atoms with Crippen LogP contribution in [0.1, 0.15) is 16.1 Å². The maximum absolute atomic E-state index is 12.7. The van der Waals surface area contributed by atoms with Gasteiger partial charge in [0, 0.05) is 30.5 Å². The van der Waals surface area contributed by atoms with E-state index in [-0.39, 0.29) is 10.7 Å². The molecule has 0 atom stereocenters. The van der Waals surface area contributed by atoms with Crippen molar-refractivity contribution in [3.63, 3.8) is 0 Å². The number of carbonyl (C=O) groups excluding carboxylic acids is 1. The number of benzene rings is 2. The highest BCUT2D eigenvalue weighted by atomic mass is 32.2. The van der Waals surface area contributed by atoms with Gasteiger partial charge in [-0.15, -0.1) is 11.3 Å². The minimum absolute atomic E-state index is 0.122. The van der Waals surface area contributed by atoms with E-state index >= 15 is 0 Å². The van der Waals surface area contributed by atoms with Crippen molar-refractivity contribution in [1.29, 1.82) is 0 Å². The molecule has 1 aliphatic rings. The Morgan fingerprint density at radius 2 is 1.71 bits per heavy atom. The number of nitrogens with zero attached hydrogens (tertiary/aromatic N) is 2. The third-order valence-corrected chi connectivity index (χ3v) is 7.94. The van der Waals surface area contributed by atoms with Gasteiger partial charge in [0.05, 0.1) is 30.2 Å². The Kier molecular flexibility index (Phi) is 6.62. The standard InChI is InChI=1S/C23H24N2O4S2/c1-17-2-4-18(5-3-17)14-20(26)15-23-24-22(16-30-23)19-6-8-21(9-7-19)31(27,28)25-10-12-29-13-11-25/h2-9,16H,10-15H2,1H3. The maximum atomic E-state index is 12.7. The van der Waals surface area contributed by atoms with E-state index in [1.54, 1.807) is 24.3 Å². The van der Waals surface area contributed by atoms with Crippen molar-refractivity contribution >= 4 is 27.1 Å². The molecule has 3 aromatic rings. The minimum atomic E-state index is -3.51. The molecule has 0 spiro atoms. The van der Waals surface area contributed by atoms with Crippen LogP contribution in [0.2, 0.25) is 0 Å². The Bertz CT molecular complexity index is 1150. The van der Waals surface area contributed by atoms with Crippen molar-refractivity contribution in [3.05, 3.63) is 70.0 Å². The number of sulfonamides is 1. The monoisotopic (exact) mass is 456 g/mol. The van der Waals surface area contributed by atoms with Crippen LogP contribution in [0.3, 0.4) is 0 Å². The summed E-state index contributed by atoms with van der Waals surface area (Å²) in [6.45, 7) is 3.60. The molecule has 162 valence electrons. The van der Waals surface area contributed by atoms with Gasteiger partial charge in [0.2, 0.25) is 10.0 Å². The van der Waals surface area contributed by atoms with Crippen LogP contribution in [0, 0.1) is 6.92 Å². The van der Waals surface area contributed by atoms with Crippen molar-refractivity contribution in [2.45, 2.75) is 24.7 Å². The number of aryl methyl sites for hydroxylation is 1. The van der Waals surface area contributed by atoms with Crippen molar-refractivity contribution in [2.24, 2.45) is 0 Å². The molecule has 2 aromatic carbocycles. The molecule has 2 heterocycles. The molecule has 0 unspecified atom stereocenters.